The van der Waals surface area contributed by atoms with Gasteiger partial charge in [-0.2, -0.15) is 0 Å². The Bertz CT molecular complexity index is 2490. The predicted octanol–water partition coefficient (Wildman–Crippen LogP) is 11.9. The molecular formula is C47H48N4O. The highest BCUT2D eigenvalue weighted by molar-refractivity contribution is 6.11. The molecule has 5 nitrogen and oxygen atoms in total. The standard InChI is InChI=1S/C47H48N4O/c1-30-24-31(43-49-46(7)21-14-9-15-22-47(46,8)52-43)26-33(25-30)50-39-19-13-11-17-36(39)45(5,6)37-28-35-34-16-10-12-18-38(34)51(40(35)29-41(37)50)42-27-32(20-23-48-42)44(2,3)4/h10-13,15-20,22-29H,9,14,21H2,1-8H3/t46-,47+/m1/s1. The lowest BCUT2D eigenvalue weighted by atomic mass is 9.73. The Balaban J connectivity index is 1.29. The van der Waals surface area contributed by atoms with Crippen molar-refractivity contribution in [2.75, 3.05) is 4.90 Å². The van der Waals surface area contributed by atoms with Gasteiger partial charge in [-0.25, -0.2) is 9.98 Å². The van der Waals surface area contributed by atoms with Gasteiger partial charge in [0, 0.05) is 33.6 Å². The van der Waals surface area contributed by atoms with Crippen molar-refractivity contribution in [2.45, 2.75) is 96.6 Å². The van der Waals surface area contributed by atoms with Crippen LogP contribution in [0, 0.1) is 6.92 Å². The van der Waals surface area contributed by atoms with Crippen LogP contribution < -0.4 is 4.90 Å². The lowest BCUT2D eigenvalue weighted by Gasteiger charge is -2.42. The molecular weight excluding hydrogens is 637 g/mol. The first kappa shape index (κ1) is 32.7. The molecule has 6 aromatic rings. The summed E-state index contributed by atoms with van der Waals surface area (Å²) in [6.45, 7) is 18.1. The number of rotatable bonds is 3. The number of para-hydroxylation sites is 2. The summed E-state index contributed by atoms with van der Waals surface area (Å²) < 4.78 is 9.17. The third-order valence-electron chi connectivity index (χ3n) is 12.1. The first-order valence-corrected chi connectivity index (χ1v) is 18.8. The second kappa shape index (κ2) is 11.2. The van der Waals surface area contributed by atoms with Crippen LogP contribution >= 0.6 is 0 Å². The molecule has 0 bridgehead atoms. The number of allylic oxidation sites excluding steroid dienone is 1. The maximum Gasteiger partial charge on any atom is 0.217 e. The van der Waals surface area contributed by atoms with Gasteiger partial charge in [-0.1, -0.05) is 77.1 Å². The van der Waals surface area contributed by atoms with Crippen LogP contribution in [0.25, 0.3) is 27.6 Å². The van der Waals surface area contributed by atoms with Gasteiger partial charge in [0.05, 0.1) is 22.4 Å². The molecule has 0 saturated heterocycles. The van der Waals surface area contributed by atoms with Gasteiger partial charge < -0.3 is 9.64 Å². The molecule has 4 heterocycles. The number of anilines is 3. The smallest absolute Gasteiger partial charge is 0.217 e. The minimum atomic E-state index is -0.464. The van der Waals surface area contributed by atoms with Crippen LogP contribution in [0.15, 0.2) is 114 Å². The number of fused-ring (bicyclic) bond motifs is 6. The first-order valence-electron chi connectivity index (χ1n) is 18.8. The maximum atomic E-state index is 6.82. The molecule has 2 atom stereocenters. The Morgan fingerprint density at radius 2 is 1.56 bits per heavy atom. The van der Waals surface area contributed by atoms with E-state index in [0.717, 1.165) is 53.3 Å². The summed E-state index contributed by atoms with van der Waals surface area (Å²) >= 11 is 0. The number of aromatic nitrogens is 2. The Kier molecular flexibility index (Phi) is 7.03. The minimum Gasteiger partial charge on any atom is -0.464 e. The molecule has 1 aliphatic carbocycles. The fraction of sp³-hybridized carbons (Fsp3) is 0.319. The van der Waals surface area contributed by atoms with Gasteiger partial charge in [-0.15, -0.1) is 0 Å². The Hall–Kier alpha value is -5.16. The highest BCUT2D eigenvalue weighted by Crippen LogP contribution is 2.54. The zero-order valence-corrected chi connectivity index (χ0v) is 31.7. The molecule has 0 spiro atoms. The summed E-state index contributed by atoms with van der Waals surface area (Å²) in [5.41, 5.74) is 10.8. The quantitative estimate of drug-likeness (QED) is 0.174. The number of hydrogen-bond acceptors (Lipinski definition) is 4. The van der Waals surface area contributed by atoms with E-state index in [4.69, 9.17) is 14.7 Å². The third kappa shape index (κ3) is 4.81. The van der Waals surface area contributed by atoms with Gasteiger partial charge >= 0.3 is 0 Å². The van der Waals surface area contributed by atoms with E-state index in [1.807, 2.05) is 6.20 Å². The number of aryl methyl sites for hydroxylation is 1. The van der Waals surface area contributed by atoms with Crippen molar-refractivity contribution >= 4 is 44.8 Å². The van der Waals surface area contributed by atoms with E-state index in [9.17, 15) is 0 Å². The number of aliphatic imine (C=N–C) groups is 1. The number of pyridine rings is 1. The second-order valence-electron chi connectivity index (χ2n) is 17.1. The third-order valence-corrected chi connectivity index (χ3v) is 12.1. The fourth-order valence-electron chi connectivity index (χ4n) is 8.89. The zero-order valence-electron chi connectivity index (χ0n) is 31.7. The highest BCUT2D eigenvalue weighted by Gasteiger charge is 2.51. The molecule has 0 fully saturated rings. The van der Waals surface area contributed by atoms with Crippen LogP contribution in [0.1, 0.15) is 95.5 Å². The number of ether oxygens (including phenoxy) is 1. The lowest BCUT2D eigenvalue weighted by molar-refractivity contribution is 0.0804. The van der Waals surface area contributed by atoms with Crippen molar-refractivity contribution < 1.29 is 4.74 Å². The summed E-state index contributed by atoms with van der Waals surface area (Å²) in [5.74, 6) is 1.66. The van der Waals surface area contributed by atoms with Crippen LogP contribution in [0.2, 0.25) is 0 Å². The van der Waals surface area contributed by atoms with Crippen molar-refractivity contribution in [3.8, 4) is 5.82 Å². The van der Waals surface area contributed by atoms with Crippen LogP contribution in [0.4, 0.5) is 17.1 Å². The van der Waals surface area contributed by atoms with Crippen LogP contribution in [-0.2, 0) is 15.6 Å². The largest absolute Gasteiger partial charge is 0.464 e. The fourth-order valence-corrected chi connectivity index (χ4v) is 8.89. The highest BCUT2D eigenvalue weighted by atomic mass is 16.5. The van der Waals surface area contributed by atoms with Crippen LogP contribution in [0.5, 0.6) is 0 Å². The normalized spacial score (nSPS) is 22.1. The molecule has 5 heteroatoms. The average Bonchev–Trinajstić information content (AvgIpc) is 3.52. The van der Waals surface area contributed by atoms with E-state index in [0.29, 0.717) is 0 Å². The van der Waals surface area contributed by atoms with Crippen molar-refractivity contribution in [3.63, 3.8) is 0 Å². The minimum absolute atomic E-state index is 0.00150. The van der Waals surface area contributed by atoms with E-state index in [2.05, 4.69) is 168 Å². The summed E-state index contributed by atoms with van der Waals surface area (Å²) in [6.07, 6.45) is 9.64. The van der Waals surface area contributed by atoms with E-state index in [1.54, 1.807) is 0 Å². The Labute approximate surface area is 307 Å². The van der Waals surface area contributed by atoms with Crippen molar-refractivity contribution in [1.82, 2.24) is 9.55 Å². The summed E-state index contributed by atoms with van der Waals surface area (Å²) in [5, 5.41) is 2.46. The van der Waals surface area contributed by atoms with Gasteiger partial charge in [0.15, 0.2) is 5.60 Å². The molecule has 0 amide bonds. The zero-order chi connectivity index (χ0) is 36.2. The molecule has 9 rings (SSSR count). The average molecular weight is 685 g/mol. The topological polar surface area (TPSA) is 42.6 Å². The SMILES string of the molecule is Cc1cc(C2=N[C@]3(C)CCCC=C[C@]3(C)O2)cc(N2c3ccccc3C(C)(C)c3cc4c5ccccc5n(-c5cc(C(C)(C)C)ccn5)c4cc32)c1. The van der Waals surface area contributed by atoms with E-state index in [1.165, 1.54) is 44.4 Å². The summed E-state index contributed by atoms with van der Waals surface area (Å²) in [7, 11) is 0. The van der Waals surface area contributed by atoms with Crippen molar-refractivity contribution in [2.24, 2.45) is 4.99 Å². The molecule has 2 aromatic heterocycles. The van der Waals surface area contributed by atoms with Gasteiger partial charge in [0.25, 0.3) is 0 Å². The Morgan fingerprint density at radius 1 is 0.769 bits per heavy atom. The monoisotopic (exact) mass is 684 g/mol. The molecule has 3 aliphatic rings. The molecule has 0 radical (unpaired) electrons. The Morgan fingerprint density at radius 3 is 2.38 bits per heavy atom. The van der Waals surface area contributed by atoms with Gasteiger partial charge in [0.2, 0.25) is 5.90 Å². The van der Waals surface area contributed by atoms with E-state index >= 15 is 0 Å². The number of benzene rings is 4. The van der Waals surface area contributed by atoms with Crippen molar-refractivity contribution in [3.05, 3.63) is 137 Å². The number of hydrogen-bond donors (Lipinski definition) is 0. The maximum absolute atomic E-state index is 6.82. The lowest BCUT2D eigenvalue weighted by Crippen LogP contribution is -2.44. The van der Waals surface area contributed by atoms with Crippen LogP contribution in [0.3, 0.4) is 0 Å². The van der Waals surface area contributed by atoms with Crippen LogP contribution in [-0.4, -0.2) is 26.6 Å². The summed E-state index contributed by atoms with van der Waals surface area (Å²) in [4.78, 5) is 12.8. The van der Waals surface area contributed by atoms with Gasteiger partial charge in [-0.3, -0.25) is 4.57 Å². The molecule has 0 unspecified atom stereocenters. The van der Waals surface area contributed by atoms with E-state index in [-0.39, 0.29) is 16.4 Å². The second-order valence-corrected chi connectivity index (χ2v) is 17.1. The molecule has 0 N–H and O–H groups in total. The molecule has 4 aromatic carbocycles. The summed E-state index contributed by atoms with van der Waals surface area (Å²) in [6, 6.07) is 33.7. The molecule has 0 saturated carbocycles. The van der Waals surface area contributed by atoms with Gasteiger partial charge in [0.1, 0.15) is 11.4 Å². The first-order chi connectivity index (χ1) is 24.8. The molecule has 52 heavy (non-hydrogen) atoms. The van der Waals surface area contributed by atoms with Crippen molar-refractivity contribution in [1.29, 1.82) is 0 Å². The molecule has 262 valence electrons. The molecule has 2 aliphatic heterocycles. The predicted molar refractivity (Wildman–Crippen MR) is 216 cm³/mol. The van der Waals surface area contributed by atoms with E-state index < -0.39 is 5.60 Å². The van der Waals surface area contributed by atoms with Gasteiger partial charge in [-0.05, 0) is 128 Å². The number of nitrogens with zero attached hydrogens (tertiary/aromatic N) is 4.